The van der Waals surface area contributed by atoms with E-state index >= 15 is 0 Å². The second-order valence-corrected chi connectivity index (χ2v) is 3.80. The van der Waals surface area contributed by atoms with Gasteiger partial charge < -0.3 is 11.1 Å². The fourth-order valence-electron chi connectivity index (χ4n) is 1.75. The van der Waals surface area contributed by atoms with E-state index in [1.54, 1.807) is 4.90 Å². The number of nitrogens with zero attached hydrogens (tertiary/aromatic N) is 1. The van der Waals surface area contributed by atoms with Gasteiger partial charge in [-0.25, -0.2) is 4.79 Å². The number of aryl methyl sites for hydroxylation is 1. The molecule has 15 heavy (non-hydrogen) atoms. The van der Waals surface area contributed by atoms with Gasteiger partial charge in [-0.2, -0.15) is 0 Å². The summed E-state index contributed by atoms with van der Waals surface area (Å²) in [5, 5.41) is 2.81. The van der Waals surface area contributed by atoms with Crippen molar-refractivity contribution in [1.82, 2.24) is 5.32 Å². The highest BCUT2D eigenvalue weighted by Gasteiger charge is 2.20. The van der Waals surface area contributed by atoms with Crippen LogP contribution in [-0.4, -0.2) is 19.1 Å². The lowest BCUT2D eigenvalue weighted by atomic mass is 10.1. The molecule has 0 spiro atoms. The Morgan fingerprint density at radius 3 is 3.00 bits per heavy atom. The minimum Gasteiger partial charge on any atom is -0.397 e. The Kier molecular flexibility index (Phi) is 2.49. The number of rotatable bonds is 1. The number of nitrogen functional groups attached to an aromatic ring is 1. The molecule has 80 valence electrons. The van der Waals surface area contributed by atoms with Crippen molar-refractivity contribution in [3.8, 4) is 0 Å². The summed E-state index contributed by atoms with van der Waals surface area (Å²) in [7, 11) is 0. The van der Waals surface area contributed by atoms with Crippen LogP contribution in [0.4, 0.5) is 16.2 Å². The Balaban J connectivity index is 2.34. The van der Waals surface area contributed by atoms with E-state index in [2.05, 4.69) is 5.32 Å². The predicted octanol–water partition coefficient (Wildman–Crippen LogP) is 1.50. The molecule has 0 bridgehead atoms. The van der Waals surface area contributed by atoms with Crippen molar-refractivity contribution in [2.75, 3.05) is 23.7 Å². The van der Waals surface area contributed by atoms with Crippen LogP contribution >= 0.6 is 0 Å². The van der Waals surface area contributed by atoms with Crippen molar-refractivity contribution in [3.63, 3.8) is 0 Å². The number of anilines is 2. The molecule has 1 saturated heterocycles. The van der Waals surface area contributed by atoms with Crippen LogP contribution in [0.2, 0.25) is 0 Å². The monoisotopic (exact) mass is 205 g/mol. The highest BCUT2D eigenvalue weighted by molar-refractivity contribution is 5.95. The highest BCUT2D eigenvalue weighted by Crippen LogP contribution is 2.25. The van der Waals surface area contributed by atoms with Crippen LogP contribution in [0.1, 0.15) is 12.0 Å². The van der Waals surface area contributed by atoms with Gasteiger partial charge in [0.1, 0.15) is 0 Å². The first kappa shape index (κ1) is 9.83. The molecule has 1 heterocycles. The molecule has 2 rings (SSSR count). The second kappa shape index (κ2) is 3.81. The van der Waals surface area contributed by atoms with Gasteiger partial charge in [0.05, 0.1) is 11.4 Å². The van der Waals surface area contributed by atoms with Crippen LogP contribution in [0.25, 0.3) is 0 Å². The third-order valence-corrected chi connectivity index (χ3v) is 2.56. The Morgan fingerprint density at radius 2 is 2.27 bits per heavy atom. The van der Waals surface area contributed by atoms with Gasteiger partial charge in [-0.15, -0.1) is 0 Å². The maximum atomic E-state index is 11.6. The molecule has 1 fully saturated rings. The molecule has 0 aromatic heterocycles. The standard InChI is InChI=1S/C11H15N3O/c1-8-3-4-9(12)10(7-8)14-6-2-5-13-11(14)15/h3-4,7H,2,5-6,12H2,1H3,(H,13,15). The summed E-state index contributed by atoms with van der Waals surface area (Å²) in [6.45, 7) is 3.48. The Morgan fingerprint density at radius 1 is 1.47 bits per heavy atom. The van der Waals surface area contributed by atoms with Gasteiger partial charge in [0.25, 0.3) is 0 Å². The number of amides is 2. The fraction of sp³-hybridized carbons (Fsp3) is 0.364. The first-order valence-electron chi connectivity index (χ1n) is 5.10. The van der Waals surface area contributed by atoms with E-state index in [1.165, 1.54) is 0 Å². The quantitative estimate of drug-likeness (QED) is 0.682. The molecule has 4 heteroatoms. The van der Waals surface area contributed by atoms with Gasteiger partial charge in [0.2, 0.25) is 0 Å². The Bertz CT molecular complexity index is 389. The number of nitrogens with one attached hydrogen (secondary N) is 1. The number of hydrogen-bond acceptors (Lipinski definition) is 2. The van der Waals surface area contributed by atoms with E-state index in [9.17, 15) is 4.79 Å². The van der Waals surface area contributed by atoms with E-state index in [-0.39, 0.29) is 6.03 Å². The van der Waals surface area contributed by atoms with Crippen LogP contribution in [0, 0.1) is 6.92 Å². The first-order chi connectivity index (χ1) is 7.18. The molecule has 1 aliphatic rings. The summed E-state index contributed by atoms with van der Waals surface area (Å²) in [6, 6.07) is 5.67. The molecule has 0 atom stereocenters. The SMILES string of the molecule is Cc1ccc(N)c(N2CCCNC2=O)c1. The normalized spacial score (nSPS) is 16.3. The minimum absolute atomic E-state index is 0.0569. The number of hydrogen-bond donors (Lipinski definition) is 2. The zero-order valence-electron chi connectivity index (χ0n) is 8.79. The summed E-state index contributed by atoms with van der Waals surface area (Å²) in [5.74, 6) is 0. The molecular formula is C11H15N3O. The zero-order valence-corrected chi connectivity index (χ0v) is 8.79. The average Bonchev–Trinajstić information content (AvgIpc) is 2.23. The summed E-state index contributed by atoms with van der Waals surface area (Å²) >= 11 is 0. The summed E-state index contributed by atoms with van der Waals surface area (Å²) in [6.07, 6.45) is 0.957. The number of urea groups is 1. The maximum absolute atomic E-state index is 11.6. The van der Waals surface area contributed by atoms with Gasteiger partial charge in [-0.1, -0.05) is 6.07 Å². The third-order valence-electron chi connectivity index (χ3n) is 2.56. The average molecular weight is 205 g/mol. The topological polar surface area (TPSA) is 58.4 Å². The van der Waals surface area contributed by atoms with Crippen LogP contribution in [0.5, 0.6) is 0 Å². The van der Waals surface area contributed by atoms with E-state index in [4.69, 9.17) is 5.73 Å². The minimum atomic E-state index is -0.0569. The fourth-order valence-corrected chi connectivity index (χ4v) is 1.75. The Labute approximate surface area is 89.1 Å². The van der Waals surface area contributed by atoms with E-state index in [0.29, 0.717) is 5.69 Å². The number of benzene rings is 1. The van der Waals surface area contributed by atoms with Crippen LogP contribution in [0.3, 0.4) is 0 Å². The van der Waals surface area contributed by atoms with Crippen molar-refractivity contribution < 1.29 is 4.79 Å². The smallest absolute Gasteiger partial charge is 0.321 e. The lowest BCUT2D eigenvalue weighted by Crippen LogP contribution is -2.46. The molecule has 0 aliphatic carbocycles. The van der Waals surface area contributed by atoms with Gasteiger partial charge >= 0.3 is 6.03 Å². The lowest BCUT2D eigenvalue weighted by Gasteiger charge is -2.28. The van der Waals surface area contributed by atoms with Gasteiger partial charge in [0.15, 0.2) is 0 Å². The van der Waals surface area contributed by atoms with Crippen molar-refractivity contribution >= 4 is 17.4 Å². The van der Waals surface area contributed by atoms with E-state index < -0.39 is 0 Å². The molecule has 4 nitrogen and oxygen atoms in total. The summed E-state index contributed by atoms with van der Waals surface area (Å²) in [5.41, 5.74) is 8.43. The van der Waals surface area contributed by atoms with Crippen LogP contribution in [0.15, 0.2) is 18.2 Å². The molecule has 3 N–H and O–H groups in total. The zero-order chi connectivity index (χ0) is 10.8. The highest BCUT2D eigenvalue weighted by atomic mass is 16.2. The van der Waals surface area contributed by atoms with Crippen molar-refractivity contribution in [3.05, 3.63) is 23.8 Å². The predicted molar refractivity (Wildman–Crippen MR) is 61.0 cm³/mol. The van der Waals surface area contributed by atoms with Crippen molar-refractivity contribution in [2.24, 2.45) is 0 Å². The molecule has 1 aromatic carbocycles. The molecule has 1 aromatic rings. The summed E-state index contributed by atoms with van der Waals surface area (Å²) in [4.78, 5) is 13.3. The summed E-state index contributed by atoms with van der Waals surface area (Å²) < 4.78 is 0. The molecule has 0 unspecified atom stereocenters. The number of carbonyl (C=O) groups is 1. The van der Waals surface area contributed by atoms with E-state index in [1.807, 2.05) is 25.1 Å². The van der Waals surface area contributed by atoms with Crippen LogP contribution < -0.4 is 16.0 Å². The number of nitrogens with two attached hydrogens (primary N) is 1. The molecule has 1 aliphatic heterocycles. The van der Waals surface area contributed by atoms with Crippen molar-refractivity contribution in [1.29, 1.82) is 0 Å². The largest absolute Gasteiger partial charge is 0.397 e. The third kappa shape index (κ3) is 1.88. The van der Waals surface area contributed by atoms with Gasteiger partial charge in [0, 0.05) is 13.1 Å². The van der Waals surface area contributed by atoms with Gasteiger partial charge in [-0.3, -0.25) is 4.90 Å². The molecular weight excluding hydrogens is 190 g/mol. The first-order valence-corrected chi connectivity index (χ1v) is 5.10. The van der Waals surface area contributed by atoms with Gasteiger partial charge in [-0.05, 0) is 31.0 Å². The molecule has 2 amide bonds. The number of carbonyl (C=O) groups excluding carboxylic acids is 1. The molecule has 0 radical (unpaired) electrons. The maximum Gasteiger partial charge on any atom is 0.321 e. The van der Waals surface area contributed by atoms with Crippen molar-refractivity contribution in [2.45, 2.75) is 13.3 Å². The molecule has 0 saturated carbocycles. The second-order valence-electron chi connectivity index (χ2n) is 3.80. The van der Waals surface area contributed by atoms with Crippen LogP contribution in [-0.2, 0) is 0 Å². The lowest BCUT2D eigenvalue weighted by molar-refractivity contribution is 0.243. The van der Waals surface area contributed by atoms with E-state index in [0.717, 1.165) is 30.8 Å². The Hall–Kier alpha value is -1.71.